The lowest BCUT2D eigenvalue weighted by Crippen LogP contribution is -2.17. The molecule has 15 heavy (non-hydrogen) atoms. The van der Waals surface area contributed by atoms with Crippen LogP contribution in [0.2, 0.25) is 0 Å². The molecule has 2 rings (SSSR count). The number of carbonyl (C=O) groups is 1. The molecule has 0 spiro atoms. The molecule has 1 aromatic heterocycles. The quantitative estimate of drug-likeness (QED) is 0.749. The summed E-state index contributed by atoms with van der Waals surface area (Å²) in [5.41, 5.74) is 0. The van der Waals surface area contributed by atoms with Crippen molar-refractivity contribution in [1.29, 1.82) is 0 Å². The van der Waals surface area contributed by atoms with Crippen LogP contribution in [0.3, 0.4) is 0 Å². The van der Waals surface area contributed by atoms with Crippen molar-refractivity contribution >= 4 is 5.78 Å². The summed E-state index contributed by atoms with van der Waals surface area (Å²) >= 11 is 0. The summed E-state index contributed by atoms with van der Waals surface area (Å²) < 4.78 is 5.15. The van der Waals surface area contributed by atoms with Gasteiger partial charge in [0.2, 0.25) is 5.89 Å². The zero-order valence-electron chi connectivity index (χ0n) is 9.19. The Balaban J connectivity index is 2.17. The molecule has 0 radical (unpaired) electrons. The highest BCUT2D eigenvalue weighted by molar-refractivity contribution is 5.85. The summed E-state index contributed by atoms with van der Waals surface area (Å²) in [4.78, 5) is 15.9. The van der Waals surface area contributed by atoms with E-state index in [0.29, 0.717) is 18.1 Å². The van der Waals surface area contributed by atoms with Crippen LogP contribution in [0.4, 0.5) is 0 Å². The van der Waals surface area contributed by atoms with Gasteiger partial charge in [-0.1, -0.05) is 25.4 Å². The predicted molar refractivity (Wildman–Crippen MR) is 54.6 cm³/mol. The van der Waals surface area contributed by atoms with Gasteiger partial charge >= 0.3 is 0 Å². The Morgan fingerprint density at radius 3 is 2.80 bits per heavy atom. The van der Waals surface area contributed by atoms with Crippen LogP contribution in [-0.2, 0) is 4.79 Å². The van der Waals surface area contributed by atoms with Crippen molar-refractivity contribution in [3.63, 3.8) is 0 Å². The van der Waals surface area contributed by atoms with Crippen molar-refractivity contribution in [1.82, 2.24) is 10.1 Å². The molecule has 1 aliphatic carbocycles. The Labute approximate surface area is 89.1 Å². The van der Waals surface area contributed by atoms with E-state index >= 15 is 0 Å². The Morgan fingerprint density at radius 2 is 2.20 bits per heavy atom. The van der Waals surface area contributed by atoms with Crippen LogP contribution >= 0.6 is 0 Å². The fraction of sp³-hybridized carbons (Fsp3) is 0.727. The van der Waals surface area contributed by atoms with Gasteiger partial charge < -0.3 is 4.52 Å². The van der Waals surface area contributed by atoms with Crippen molar-refractivity contribution in [3.8, 4) is 0 Å². The van der Waals surface area contributed by atoms with Crippen molar-refractivity contribution in [2.45, 2.75) is 51.4 Å². The number of hydrogen-bond donors (Lipinski definition) is 0. The monoisotopic (exact) mass is 208 g/mol. The summed E-state index contributed by atoms with van der Waals surface area (Å²) in [5, 5.41) is 3.89. The number of ketones is 1. The maximum absolute atomic E-state index is 11.6. The minimum Gasteiger partial charge on any atom is -0.339 e. The van der Waals surface area contributed by atoms with Crippen LogP contribution in [-0.4, -0.2) is 15.9 Å². The van der Waals surface area contributed by atoms with Crippen molar-refractivity contribution < 1.29 is 9.32 Å². The van der Waals surface area contributed by atoms with Crippen molar-refractivity contribution in [2.24, 2.45) is 0 Å². The third kappa shape index (κ3) is 2.08. The SMILES string of the molecule is CC(C)c1noc(C2CCCCC2=O)n1. The van der Waals surface area contributed by atoms with E-state index in [2.05, 4.69) is 10.1 Å². The largest absolute Gasteiger partial charge is 0.339 e. The Kier molecular flexibility index (Phi) is 2.84. The number of carbonyl (C=O) groups excluding carboxylic acids is 1. The molecule has 1 atom stereocenters. The molecule has 4 heteroatoms. The van der Waals surface area contributed by atoms with Crippen LogP contribution in [0.5, 0.6) is 0 Å². The third-order valence-corrected chi connectivity index (χ3v) is 2.83. The average molecular weight is 208 g/mol. The number of Topliss-reactive ketones (excluding diaryl/α,β-unsaturated/α-hetero) is 1. The van der Waals surface area contributed by atoms with Crippen molar-refractivity contribution in [2.75, 3.05) is 0 Å². The second kappa shape index (κ2) is 4.13. The first-order valence-electron chi connectivity index (χ1n) is 5.54. The maximum Gasteiger partial charge on any atom is 0.237 e. The lowest BCUT2D eigenvalue weighted by Gasteiger charge is -2.16. The lowest BCUT2D eigenvalue weighted by molar-refractivity contribution is -0.122. The van der Waals surface area contributed by atoms with E-state index in [1.807, 2.05) is 13.8 Å². The Hall–Kier alpha value is -1.19. The van der Waals surface area contributed by atoms with Gasteiger partial charge in [0.1, 0.15) is 5.78 Å². The molecule has 0 aromatic carbocycles. The van der Waals surface area contributed by atoms with E-state index in [-0.39, 0.29) is 17.6 Å². The molecule has 0 N–H and O–H groups in total. The number of aromatic nitrogens is 2. The molecular weight excluding hydrogens is 192 g/mol. The maximum atomic E-state index is 11.6. The van der Waals surface area contributed by atoms with Crippen LogP contribution in [0, 0.1) is 0 Å². The molecule has 1 aromatic rings. The molecule has 1 unspecified atom stereocenters. The van der Waals surface area contributed by atoms with Gasteiger partial charge in [-0.15, -0.1) is 0 Å². The summed E-state index contributed by atoms with van der Waals surface area (Å²) in [6.07, 6.45) is 3.60. The molecule has 0 bridgehead atoms. The minimum atomic E-state index is -0.140. The van der Waals surface area contributed by atoms with Crippen LogP contribution < -0.4 is 0 Å². The molecule has 0 saturated heterocycles. The van der Waals surface area contributed by atoms with E-state index in [1.54, 1.807) is 0 Å². The number of nitrogens with zero attached hydrogens (tertiary/aromatic N) is 2. The van der Waals surface area contributed by atoms with E-state index in [9.17, 15) is 4.79 Å². The van der Waals surface area contributed by atoms with Gasteiger partial charge in [0.25, 0.3) is 0 Å². The van der Waals surface area contributed by atoms with Gasteiger partial charge in [0.15, 0.2) is 5.82 Å². The molecule has 4 nitrogen and oxygen atoms in total. The second-order valence-electron chi connectivity index (χ2n) is 4.41. The molecule has 82 valence electrons. The fourth-order valence-corrected chi connectivity index (χ4v) is 1.87. The summed E-state index contributed by atoms with van der Waals surface area (Å²) in [6, 6.07) is 0. The molecular formula is C11H16N2O2. The zero-order chi connectivity index (χ0) is 10.8. The van der Waals surface area contributed by atoms with Gasteiger partial charge in [-0.05, 0) is 12.8 Å². The second-order valence-corrected chi connectivity index (χ2v) is 4.41. The van der Waals surface area contributed by atoms with Gasteiger partial charge in [0, 0.05) is 12.3 Å². The van der Waals surface area contributed by atoms with Gasteiger partial charge in [0.05, 0.1) is 5.92 Å². The molecule has 1 fully saturated rings. The number of rotatable bonds is 2. The first-order valence-corrected chi connectivity index (χ1v) is 5.54. The van der Waals surface area contributed by atoms with E-state index in [4.69, 9.17) is 4.52 Å². The first-order chi connectivity index (χ1) is 7.18. The van der Waals surface area contributed by atoms with E-state index < -0.39 is 0 Å². The number of hydrogen-bond acceptors (Lipinski definition) is 4. The average Bonchev–Trinajstić information content (AvgIpc) is 2.67. The van der Waals surface area contributed by atoms with Gasteiger partial charge in [-0.3, -0.25) is 4.79 Å². The van der Waals surface area contributed by atoms with Gasteiger partial charge in [-0.25, -0.2) is 0 Å². The van der Waals surface area contributed by atoms with E-state index in [1.165, 1.54) is 0 Å². The highest BCUT2D eigenvalue weighted by Crippen LogP contribution is 2.29. The summed E-state index contributed by atoms with van der Waals surface area (Å²) in [5.74, 6) is 1.58. The standard InChI is InChI=1S/C11H16N2O2/c1-7(2)10-12-11(15-13-10)8-5-3-4-6-9(8)14/h7-8H,3-6H2,1-2H3. The summed E-state index contributed by atoms with van der Waals surface area (Å²) in [6.45, 7) is 4.02. The molecule has 1 heterocycles. The van der Waals surface area contributed by atoms with E-state index in [0.717, 1.165) is 19.3 Å². The third-order valence-electron chi connectivity index (χ3n) is 2.83. The Bertz CT molecular complexity index is 357. The Morgan fingerprint density at radius 1 is 1.40 bits per heavy atom. The smallest absolute Gasteiger partial charge is 0.237 e. The minimum absolute atomic E-state index is 0.140. The molecule has 0 aliphatic heterocycles. The van der Waals surface area contributed by atoms with Crippen LogP contribution in [0.25, 0.3) is 0 Å². The fourth-order valence-electron chi connectivity index (χ4n) is 1.87. The van der Waals surface area contributed by atoms with Crippen LogP contribution in [0.1, 0.15) is 63.1 Å². The van der Waals surface area contributed by atoms with Crippen molar-refractivity contribution in [3.05, 3.63) is 11.7 Å². The topological polar surface area (TPSA) is 56.0 Å². The van der Waals surface area contributed by atoms with Crippen LogP contribution in [0.15, 0.2) is 4.52 Å². The highest BCUT2D eigenvalue weighted by atomic mass is 16.5. The lowest BCUT2D eigenvalue weighted by atomic mass is 9.88. The normalized spacial score (nSPS) is 22.3. The first kappa shape index (κ1) is 10.3. The predicted octanol–water partition coefficient (Wildman–Crippen LogP) is 2.42. The molecule has 1 saturated carbocycles. The molecule has 1 aliphatic rings. The van der Waals surface area contributed by atoms with Gasteiger partial charge in [-0.2, -0.15) is 4.98 Å². The highest BCUT2D eigenvalue weighted by Gasteiger charge is 2.29. The zero-order valence-corrected chi connectivity index (χ0v) is 9.19. The summed E-state index contributed by atoms with van der Waals surface area (Å²) in [7, 11) is 0. The molecule has 0 amide bonds.